The molecule has 1 atom stereocenters. The fourth-order valence-electron chi connectivity index (χ4n) is 3.44. The number of rotatable bonds is 3. The van der Waals surface area contributed by atoms with Gasteiger partial charge in [-0.3, -0.25) is 9.59 Å². The zero-order chi connectivity index (χ0) is 16.4. The van der Waals surface area contributed by atoms with Gasteiger partial charge in [-0.2, -0.15) is 0 Å². The zero-order valence-corrected chi connectivity index (χ0v) is 13.9. The fraction of sp³-hybridized carbons (Fsp3) is 0.556. The summed E-state index contributed by atoms with van der Waals surface area (Å²) in [6.45, 7) is 6.15. The van der Waals surface area contributed by atoms with Crippen LogP contribution >= 0.6 is 0 Å². The first-order valence-electron chi connectivity index (χ1n) is 8.40. The number of anilines is 1. The molecule has 2 aliphatic heterocycles. The summed E-state index contributed by atoms with van der Waals surface area (Å²) in [5.41, 5.74) is 2.72. The second-order valence-electron chi connectivity index (χ2n) is 7.23. The van der Waals surface area contributed by atoms with Crippen molar-refractivity contribution in [3.05, 3.63) is 29.3 Å². The third kappa shape index (κ3) is 3.55. The van der Waals surface area contributed by atoms with Crippen molar-refractivity contribution in [2.24, 2.45) is 5.41 Å². The van der Waals surface area contributed by atoms with E-state index in [1.165, 1.54) is 12.8 Å². The minimum absolute atomic E-state index is 0.0419. The van der Waals surface area contributed by atoms with E-state index in [1.54, 1.807) is 6.07 Å². The van der Waals surface area contributed by atoms with Gasteiger partial charge in [0, 0.05) is 30.3 Å². The number of fused-ring (bicyclic) bond motifs is 1. The van der Waals surface area contributed by atoms with Gasteiger partial charge in [-0.25, -0.2) is 0 Å². The number of benzene rings is 1. The fourth-order valence-corrected chi connectivity index (χ4v) is 3.44. The molecule has 1 aromatic rings. The summed E-state index contributed by atoms with van der Waals surface area (Å²) in [6, 6.07) is 5.80. The lowest BCUT2D eigenvalue weighted by molar-refractivity contribution is -0.116. The number of hydrogen-bond donors (Lipinski definition) is 3. The van der Waals surface area contributed by atoms with Crippen LogP contribution in [-0.2, 0) is 11.2 Å². The minimum Gasteiger partial charge on any atom is -0.350 e. The van der Waals surface area contributed by atoms with Crippen LogP contribution in [0.15, 0.2) is 18.2 Å². The van der Waals surface area contributed by atoms with E-state index in [2.05, 4.69) is 29.8 Å². The zero-order valence-electron chi connectivity index (χ0n) is 13.9. The van der Waals surface area contributed by atoms with E-state index in [0.29, 0.717) is 31.0 Å². The van der Waals surface area contributed by atoms with Gasteiger partial charge in [-0.15, -0.1) is 0 Å². The average Bonchev–Trinajstić information content (AvgIpc) is 2.52. The van der Waals surface area contributed by atoms with Crippen molar-refractivity contribution in [2.75, 3.05) is 18.4 Å². The van der Waals surface area contributed by atoms with Crippen molar-refractivity contribution < 1.29 is 9.59 Å². The van der Waals surface area contributed by atoms with Crippen LogP contribution in [0.25, 0.3) is 0 Å². The van der Waals surface area contributed by atoms with Gasteiger partial charge in [0.05, 0.1) is 0 Å². The molecule has 0 saturated carbocycles. The van der Waals surface area contributed by atoms with Gasteiger partial charge in [-0.05, 0) is 55.0 Å². The molecular formula is C18H25N3O2. The number of nitrogens with one attached hydrogen (secondary N) is 3. The van der Waals surface area contributed by atoms with Crippen molar-refractivity contribution in [3.8, 4) is 0 Å². The van der Waals surface area contributed by atoms with Gasteiger partial charge < -0.3 is 16.0 Å². The third-order valence-corrected chi connectivity index (χ3v) is 5.06. The molecule has 2 aliphatic rings. The average molecular weight is 315 g/mol. The van der Waals surface area contributed by atoms with Crippen molar-refractivity contribution in [1.82, 2.24) is 10.6 Å². The third-order valence-electron chi connectivity index (χ3n) is 5.06. The number of piperidine rings is 1. The first-order valence-corrected chi connectivity index (χ1v) is 8.40. The van der Waals surface area contributed by atoms with Crippen LogP contribution < -0.4 is 16.0 Å². The Hall–Kier alpha value is -1.88. The Bertz CT molecular complexity index is 625. The van der Waals surface area contributed by atoms with E-state index in [4.69, 9.17) is 0 Å². The smallest absolute Gasteiger partial charge is 0.251 e. The lowest BCUT2D eigenvalue weighted by Gasteiger charge is -2.39. The Morgan fingerprint density at radius 2 is 2.17 bits per heavy atom. The lowest BCUT2D eigenvalue weighted by Crippen LogP contribution is -2.52. The SMILES string of the molecule is CC1(C)CCCNC1CNC(=O)c1ccc2c(c1)CCC(=O)N2. The molecule has 23 heavy (non-hydrogen) atoms. The molecule has 0 spiro atoms. The molecule has 0 bridgehead atoms. The number of carbonyl (C=O) groups excluding carboxylic acids is 2. The van der Waals surface area contributed by atoms with Crippen LogP contribution in [-0.4, -0.2) is 30.9 Å². The molecule has 0 aromatic heterocycles. The van der Waals surface area contributed by atoms with Crippen molar-refractivity contribution in [1.29, 1.82) is 0 Å². The van der Waals surface area contributed by atoms with Crippen LogP contribution in [0.2, 0.25) is 0 Å². The second-order valence-corrected chi connectivity index (χ2v) is 7.23. The number of hydrogen-bond acceptors (Lipinski definition) is 3. The standard InChI is InChI=1S/C18H25N3O2/c1-18(2)8-3-9-19-15(18)11-20-17(23)13-4-6-14-12(10-13)5-7-16(22)21-14/h4,6,10,15,19H,3,5,7-9,11H2,1-2H3,(H,20,23)(H,21,22). The van der Waals surface area contributed by atoms with E-state index in [9.17, 15) is 9.59 Å². The molecule has 3 N–H and O–H groups in total. The Kier molecular flexibility index (Phi) is 4.39. The maximum Gasteiger partial charge on any atom is 0.251 e. The molecule has 5 nitrogen and oxygen atoms in total. The van der Waals surface area contributed by atoms with Gasteiger partial charge in [0.25, 0.3) is 5.91 Å². The maximum atomic E-state index is 12.4. The lowest BCUT2D eigenvalue weighted by atomic mass is 9.77. The molecule has 0 radical (unpaired) electrons. The maximum absolute atomic E-state index is 12.4. The highest BCUT2D eigenvalue weighted by Crippen LogP contribution is 2.29. The molecule has 2 heterocycles. The summed E-state index contributed by atoms with van der Waals surface area (Å²) in [4.78, 5) is 23.8. The predicted octanol–water partition coefficient (Wildman–Crippen LogP) is 2.08. The summed E-state index contributed by atoms with van der Waals surface area (Å²) in [5, 5.41) is 9.40. The molecule has 1 fully saturated rings. The van der Waals surface area contributed by atoms with Crippen LogP contribution in [0.5, 0.6) is 0 Å². The van der Waals surface area contributed by atoms with Crippen molar-refractivity contribution in [3.63, 3.8) is 0 Å². The van der Waals surface area contributed by atoms with Gasteiger partial charge in [-0.1, -0.05) is 13.8 Å². The number of aryl methyl sites for hydroxylation is 1. The van der Waals surface area contributed by atoms with Gasteiger partial charge in [0.15, 0.2) is 0 Å². The highest BCUT2D eigenvalue weighted by atomic mass is 16.2. The van der Waals surface area contributed by atoms with Crippen molar-refractivity contribution >= 4 is 17.5 Å². The molecule has 2 amide bonds. The van der Waals surface area contributed by atoms with Crippen LogP contribution in [0.3, 0.4) is 0 Å². The molecular weight excluding hydrogens is 290 g/mol. The Balaban J connectivity index is 1.63. The summed E-state index contributed by atoms with van der Waals surface area (Å²) >= 11 is 0. The molecule has 1 saturated heterocycles. The summed E-state index contributed by atoms with van der Waals surface area (Å²) in [7, 11) is 0. The minimum atomic E-state index is -0.0483. The van der Waals surface area contributed by atoms with Crippen LogP contribution in [0.1, 0.15) is 49.0 Å². The van der Waals surface area contributed by atoms with Gasteiger partial charge in [0.1, 0.15) is 0 Å². The van der Waals surface area contributed by atoms with Crippen LogP contribution in [0.4, 0.5) is 5.69 Å². The van der Waals surface area contributed by atoms with E-state index in [-0.39, 0.29) is 17.2 Å². The number of carbonyl (C=O) groups is 2. The quantitative estimate of drug-likeness (QED) is 0.800. The summed E-state index contributed by atoms with van der Waals surface area (Å²) in [6.07, 6.45) is 3.55. The molecule has 5 heteroatoms. The van der Waals surface area contributed by atoms with E-state index in [1.807, 2.05) is 12.1 Å². The van der Waals surface area contributed by atoms with Gasteiger partial charge >= 0.3 is 0 Å². The number of amides is 2. The summed E-state index contributed by atoms with van der Waals surface area (Å²) in [5.74, 6) is -0.00632. The monoisotopic (exact) mass is 315 g/mol. The van der Waals surface area contributed by atoms with E-state index < -0.39 is 0 Å². The van der Waals surface area contributed by atoms with Crippen LogP contribution in [0, 0.1) is 5.41 Å². The first kappa shape index (κ1) is 16.0. The molecule has 1 aromatic carbocycles. The topological polar surface area (TPSA) is 70.2 Å². The second kappa shape index (κ2) is 6.32. The highest BCUT2D eigenvalue weighted by molar-refractivity contribution is 5.97. The molecule has 124 valence electrons. The Labute approximate surface area is 137 Å². The molecule has 1 unspecified atom stereocenters. The van der Waals surface area contributed by atoms with Gasteiger partial charge in [0.2, 0.25) is 5.91 Å². The van der Waals surface area contributed by atoms with E-state index in [0.717, 1.165) is 17.8 Å². The summed E-state index contributed by atoms with van der Waals surface area (Å²) < 4.78 is 0. The van der Waals surface area contributed by atoms with E-state index >= 15 is 0 Å². The normalized spacial score (nSPS) is 22.9. The molecule has 0 aliphatic carbocycles. The predicted molar refractivity (Wildman–Crippen MR) is 90.5 cm³/mol. The molecule has 3 rings (SSSR count). The Morgan fingerprint density at radius 3 is 2.96 bits per heavy atom. The Morgan fingerprint density at radius 1 is 1.35 bits per heavy atom. The largest absolute Gasteiger partial charge is 0.350 e. The van der Waals surface area contributed by atoms with Crippen molar-refractivity contribution in [2.45, 2.75) is 45.6 Å². The highest BCUT2D eigenvalue weighted by Gasteiger charge is 2.32. The first-order chi connectivity index (χ1) is 11.0.